The Labute approximate surface area is 188 Å². The number of halogens is 2. The van der Waals surface area contributed by atoms with Gasteiger partial charge in [0.15, 0.2) is 17.3 Å². The van der Waals surface area contributed by atoms with Gasteiger partial charge < -0.3 is 15.7 Å². The van der Waals surface area contributed by atoms with Gasteiger partial charge in [-0.3, -0.25) is 4.68 Å². The molecule has 4 atom stereocenters. The number of aromatic nitrogens is 6. The Morgan fingerprint density at radius 1 is 1.18 bits per heavy atom. The summed E-state index contributed by atoms with van der Waals surface area (Å²) in [6.07, 6.45) is 5.00. The predicted octanol–water partition coefficient (Wildman–Crippen LogP) is 3.05. The maximum Gasteiger partial charge on any atom is 0.223 e. The third-order valence-corrected chi connectivity index (χ3v) is 6.62. The van der Waals surface area contributed by atoms with Crippen LogP contribution in [-0.4, -0.2) is 53.2 Å². The number of anilines is 2. The molecule has 0 aliphatic carbocycles. The topological polar surface area (TPSA) is 110 Å². The zero-order chi connectivity index (χ0) is 23.4. The van der Waals surface area contributed by atoms with E-state index in [0.717, 1.165) is 24.6 Å². The Balaban J connectivity index is 1.50. The van der Waals surface area contributed by atoms with E-state index in [1.807, 2.05) is 13.1 Å². The van der Waals surface area contributed by atoms with Crippen LogP contribution >= 0.6 is 0 Å². The van der Waals surface area contributed by atoms with Crippen LogP contribution in [0.5, 0.6) is 0 Å². The van der Waals surface area contributed by atoms with E-state index in [4.69, 9.17) is 5.73 Å². The van der Waals surface area contributed by atoms with Crippen LogP contribution in [0.15, 0.2) is 24.5 Å². The minimum Gasteiger partial charge on any atom is -0.391 e. The smallest absolute Gasteiger partial charge is 0.223 e. The quantitative estimate of drug-likeness (QED) is 0.486. The van der Waals surface area contributed by atoms with Gasteiger partial charge in [0.05, 0.1) is 29.4 Å². The molecule has 3 aromatic heterocycles. The zero-order valence-corrected chi connectivity index (χ0v) is 18.7. The average Bonchev–Trinajstić information content (AvgIpc) is 3.43. The van der Waals surface area contributed by atoms with Crippen molar-refractivity contribution in [3.05, 3.63) is 42.0 Å². The van der Waals surface area contributed by atoms with Crippen molar-refractivity contribution in [1.82, 2.24) is 29.4 Å². The molecule has 0 radical (unpaired) electrons. The summed E-state index contributed by atoms with van der Waals surface area (Å²) in [7, 11) is 0. The molecule has 1 saturated heterocycles. The van der Waals surface area contributed by atoms with E-state index in [9.17, 15) is 13.9 Å². The van der Waals surface area contributed by atoms with Gasteiger partial charge in [-0.2, -0.15) is 9.61 Å². The summed E-state index contributed by atoms with van der Waals surface area (Å²) in [6.45, 7) is 6.46. The first-order valence-corrected chi connectivity index (χ1v) is 11.0. The largest absolute Gasteiger partial charge is 0.391 e. The van der Waals surface area contributed by atoms with Gasteiger partial charge in [-0.05, 0) is 39.7 Å². The van der Waals surface area contributed by atoms with Crippen LogP contribution in [0.2, 0.25) is 0 Å². The highest BCUT2D eigenvalue weighted by Crippen LogP contribution is 2.33. The number of hydrogen-bond acceptors (Lipinski definition) is 7. The van der Waals surface area contributed by atoms with Crippen LogP contribution in [0.3, 0.4) is 0 Å². The molecule has 1 fully saturated rings. The van der Waals surface area contributed by atoms with Gasteiger partial charge in [0.25, 0.3) is 0 Å². The molecule has 1 aliphatic heterocycles. The summed E-state index contributed by atoms with van der Waals surface area (Å²) >= 11 is 0. The lowest BCUT2D eigenvalue weighted by molar-refractivity contribution is 0.132. The number of nitrogen functional groups attached to an aromatic ring is 1. The Morgan fingerprint density at radius 3 is 2.73 bits per heavy atom. The van der Waals surface area contributed by atoms with Crippen molar-refractivity contribution in [3.63, 3.8) is 0 Å². The second kappa shape index (κ2) is 7.91. The van der Waals surface area contributed by atoms with E-state index in [2.05, 4.69) is 32.0 Å². The Kier molecular flexibility index (Phi) is 5.15. The fourth-order valence-electron chi connectivity index (χ4n) is 4.44. The molecule has 1 aliphatic rings. The van der Waals surface area contributed by atoms with E-state index < -0.39 is 17.7 Å². The summed E-state index contributed by atoms with van der Waals surface area (Å²) in [6, 6.07) is 2.13. The molecule has 0 bridgehead atoms. The van der Waals surface area contributed by atoms with Gasteiger partial charge in [0.2, 0.25) is 5.95 Å². The number of aliphatic hydroxyl groups is 1. The molecule has 33 heavy (non-hydrogen) atoms. The Morgan fingerprint density at radius 2 is 1.97 bits per heavy atom. The van der Waals surface area contributed by atoms with E-state index in [1.54, 1.807) is 17.8 Å². The molecule has 5 rings (SSSR count). The summed E-state index contributed by atoms with van der Waals surface area (Å²) < 4.78 is 31.3. The van der Waals surface area contributed by atoms with Gasteiger partial charge in [0, 0.05) is 30.8 Å². The van der Waals surface area contributed by atoms with Crippen LogP contribution in [0.25, 0.3) is 16.6 Å². The van der Waals surface area contributed by atoms with Crippen molar-refractivity contribution >= 4 is 28.2 Å². The van der Waals surface area contributed by atoms with Crippen LogP contribution in [0.1, 0.15) is 51.4 Å². The highest BCUT2D eigenvalue weighted by Gasteiger charge is 2.31. The van der Waals surface area contributed by atoms with Gasteiger partial charge in [-0.25, -0.2) is 18.7 Å². The molecule has 4 unspecified atom stereocenters. The molecule has 9 nitrogen and oxygen atoms in total. The first-order valence-electron chi connectivity index (χ1n) is 11.0. The minimum atomic E-state index is -0.787. The predicted molar refractivity (Wildman–Crippen MR) is 120 cm³/mol. The molecule has 0 spiro atoms. The lowest BCUT2D eigenvalue weighted by Crippen LogP contribution is -2.41. The van der Waals surface area contributed by atoms with Crippen LogP contribution in [0.4, 0.5) is 20.4 Å². The second-order valence-corrected chi connectivity index (χ2v) is 8.89. The van der Waals surface area contributed by atoms with Crippen LogP contribution in [-0.2, 0) is 0 Å². The average molecular weight is 457 g/mol. The highest BCUT2D eigenvalue weighted by molar-refractivity contribution is 5.92. The molecule has 4 aromatic rings. The molecule has 1 aromatic carbocycles. The maximum atomic E-state index is 14.3. The van der Waals surface area contributed by atoms with Crippen molar-refractivity contribution in [1.29, 1.82) is 0 Å². The summed E-state index contributed by atoms with van der Waals surface area (Å²) in [5.74, 6) is -0.950. The number of nitrogens with two attached hydrogens (primary N) is 1. The second-order valence-electron chi connectivity index (χ2n) is 8.89. The van der Waals surface area contributed by atoms with Gasteiger partial charge in [-0.15, -0.1) is 5.10 Å². The molecule has 174 valence electrons. The lowest BCUT2D eigenvalue weighted by Gasteiger charge is -2.37. The first-order chi connectivity index (χ1) is 15.7. The van der Waals surface area contributed by atoms with Crippen molar-refractivity contribution < 1.29 is 13.9 Å². The fourth-order valence-corrected chi connectivity index (χ4v) is 4.44. The summed E-state index contributed by atoms with van der Waals surface area (Å²) in [5.41, 5.74) is 7.23. The van der Waals surface area contributed by atoms with Crippen LogP contribution in [0, 0.1) is 11.6 Å². The molecule has 0 saturated carbocycles. The fraction of sp³-hybridized carbons (Fsp3) is 0.455. The number of nitrogens with zero attached hydrogens (tertiary/aromatic N) is 7. The van der Waals surface area contributed by atoms with E-state index in [1.165, 1.54) is 10.6 Å². The van der Waals surface area contributed by atoms with Crippen molar-refractivity contribution in [2.24, 2.45) is 0 Å². The molecular formula is C22H26F2N8O. The summed E-state index contributed by atoms with van der Waals surface area (Å²) in [5, 5.41) is 19.1. The number of piperidine rings is 1. The van der Waals surface area contributed by atoms with Crippen molar-refractivity contribution in [2.75, 3.05) is 17.2 Å². The van der Waals surface area contributed by atoms with Crippen LogP contribution < -0.4 is 10.6 Å². The minimum absolute atomic E-state index is 0.00354. The van der Waals surface area contributed by atoms with Gasteiger partial charge >= 0.3 is 0 Å². The first kappa shape index (κ1) is 21.5. The highest BCUT2D eigenvalue weighted by atomic mass is 19.1. The van der Waals surface area contributed by atoms with E-state index >= 15 is 0 Å². The zero-order valence-electron chi connectivity index (χ0n) is 18.7. The molecule has 0 amide bonds. The Bertz CT molecular complexity index is 1330. The molecule has 4 heterocycles. The van der Waals surface area contributed by atoms with Crippen molar-refractivity contribution in [2.45, 2.75) is 57.7 Å². The number of fused-ring (bicyclic) bond motifs is 3. The van der Waals surface area contributed by atoms with E-state index in [-0.39, 0.29) is 40.5 Å². The van der Waals surface area contributed by atoms with Gasteiger partial charge in [0.1, 0.15) is 11.3 Å². The monoisotopic (exact) mass is 456 g/mol. The normalized spacial score (nSPS) is 21.1. The number of hydrogen-bond donors (Lipinski definition) is 2. The lowest BCUT2D eigenvalue weighted by atomic mass is 9.92. The Hall–Kier alpha value is -3.34. The SMILES string of the molecule is CC(O)C(C)n1cc(N2CC(c3nc4c5cc(F)cc(F)c5nc(N)n4n3)CCC2C)cn1. The molecular weight excluding hydrogens is 430 g/mol. The van der Waals surface area contributed by atoms with Crippen molar-refractivity contribution in [3.8, 4) is 0 Å². The third-order valence-electron chi connectivity index (χ3n) is 6.62. The maximum absolute atomic E-state index is 14.3. The standard InChI is InChI=1S/C22H26F2N8O/c1-11-4-5-14(9-30(11)16-8-26-31(10-16)12(2)13(3)33)20-28-21-17-6-15(23)7-18(24)19(17)27-22(25)32(21)29-20/h6-8,10-14,33H,4-5,9H2,1-3H3,(H2,25,27). The van der Waals surface area contributed by atoms with Gasteiger partial charge in [-0.1, -0.05) is 0 Å². The molecule has 3 N–H and O–H groups in total. The third kappa shape index (κ3) is 3.65. The number of rotatable bonds is 4. The van der Waals surface area contributed by atoms with E-state index in [0.29, 0.717) is 12.4 Å². The molecule has 11 heteroatoms. The number of aliphatic hydroxyl groups excluding tert-OH is 1. The summed E-state index contributed by atoms with van der Waals surface area (Å²) in [4.78, 5) is 10.9. The number of benzene rings is 1.